The molecule has 1 aliphatic heterocycles. The molecule has 0 radical (unpaired) electrons. The van der Waals surface area contributed by atoms with E-state index in [-0.39, 0.29) is 11.9 Å². The minimum atomic E-state index is 0.0930. The van der Waals surface area contributed by atoms with Crippen molar-refractivity contribution < 1.29 is 4.79 Å². The van der Waals surface area contributed by atoms with Crippen LogP contribution in [0.25, 0.3) is 0 Å². The van der Waals surface area contributed by atoms with Gasteiger partial charge >= 0.3 is 0 Å². The monoisotopic (exact) mass is 247 g/mol. The van der Waals surface area contributed by atoms with Gasteiger partial charge in [-0.3, -0.25) is 4.79 Å². The van der Waals surface area contributed by atoms with E-state index in [4.69, 9.17) is 5.73 Å². The van der Waals surface area contributed by atoms with Gasteiger partial charge in [0.15, 0.2) is 0 Å². The van der Waals surface area contributed by atoms with Gasteiger partial charge < -0.3 is 15.5 Å². The average molecular weight is 247 g/mol. The van der Waals surface area contributed by atoms with Crippen LogP contribution in [0.4, 0.5) is 5.69 Å². The maximum absolute atomic E-state index is 12.3. The molecule has 0 unspecified atom stereocenters. The fraction of sp³-hybridized carbons (Fsp3) is 0.500. The Morgan fingerprint density at radius 3 is 2.56 bits per heavy atom. The predicted molar refractivity (Wildman–Crippen MR) is 73.9 cm³/mol. The highest BCUT2D eigenvalue weighted by Crippen LogP contribution is 2.16. The van der Waals surface area contributed by atoms with Crippen LogP contribution in [0, 0.1) is 0 Å². The molecule has 2 rings (SSSR count). The lowest BCUT2D eigenvalue weighted by atomic mass is 10.1. The minimum Gasteiger partial charge on any atom is -0.378 e. The lowest BCUT2D eigenvalue weighted by Crippen LogP contribution is -2.45. The molecule has 18 heavy (non-hydrogen) atoms. The van der Waals surface area contributed by atoms with E-state index in [1.807, 2.05) is 48.2 Å². The van der Waals surface area contributed by atoms with Gasteiger partial charge in [0.2, 0.25) is 0 Å². The Balaban J connectivity index is 2.08. The van der Waals surface area contributed by atoms with Gasteiger partial charge in [0.1, 0.15) is 0 Å². The second-order valence-corrected chi connectivity index (χ2v) is 5.09. The molecule has 1 fully saturated rings. The summed E-state index contributed by atoms with van der Waals surface area (Å²) >= 11 is 0. The molecule has 1 atom stereocenters. The van der Waals surface area contributed by atoms with Crippen molar-refractivity contribution in [1.82, 2.24) is 4.90 Å². The van der Waals surface area contributed by atoms with Gasteiger partial charge in [-0.05, 0) is 37.1 Å². The molecule has 4 nitrogen and oxygen atoms in total. The third-order valence-corrected chi connectivity index (χ3v) is 3.38. The summed E-state index contributed by atoms with van der Waals surface area (Å²) in [5.74, 6) is 0.0930. The van der Waals surface area contributed by atoms with Crippen LogP contribution in [-0.4, -0.2) is 44.0 Å². The fourth-order valence-electron chi connectivity index (χ4n) is 2.28. The maximum Gasteiger partial charge on any atom is 0.253 e. The number of hydrogen-bond donors (Lipinski definition) is 1. The van der Waals surface area contributed by atoms with Crippen LogP contribution < -0.4 is 10.6 Å². The first-order valence-corrected chi connectivity index (χ1v) is 6.40. The summed E-state index contributed by atoms with van der Waals surface area (Å²) in [6, 6.07) is 7.84. The Hall–Kier alpha value is -1.55. The van der Waals surface area contributed by atoms with Crippen LogP contribution in [0.2, 0.25) is 0 Å². The Labute approximate surface area is 108 Å². The Kier molecular flexibility index (Phi) is 3.87. The van der Waals surface area contributed by atoms with Crippen molar-refractivity contribution in [2.75, 3.05) is 32.1 Å². The van der Waals surface area contributed by atoms with E-state index in [0.29, 0.717) is 6.54 Å². The zero-order valence-corrected chi connectivity index (χ0v) is 11.1. The zero-order valence-electron chi connectivity index (χ0n) is 11.1. The number of hydrogen-bond acceptors (Lipinski definition) is 3. The van der Waals surface area contributed by atoms with Crippen LogP contribution in [0.1, 0.15) is 23.2 Å². The standard InChI is InChI=1S/C14H21N3O/c1-16(2)13-7-5-11(6-8-13)14(18)17-9-3-4-12(15)10-17/h5-8,12H,3-4,9-10,15H2,1-2H3/t12-/m1/s1. The van der Waals surface area contributed by atoms with E-state index in [1.165, 1.54) is 0 Å². The molecule has 0 aromatic heterocycles. The molecule has 98 valence electrons. The predicted octanol–water partition coefficient (Wildman–Crippen LogP) is 1.32. The molecule has 1 heterocycles. The first-order valence-electron chi connectivity index (χ1n) is 6.40. The lowest BCUT2D eigenvalue weighted by Gasteiger charge is -2.30. The summed E-state index contributed by atoms with van der Waals surface area (Å²) < 4.78 is 0. The first kappa shape index (κ1) is 12.9. The van der Waals surface area contributed by atoms with E-state index in [9.17, 15) is 4.79 Å². The highest BCUT2D eigenvalue weighted by Gasteiger charge is 2.22. The Bertz CT molecular complexity index is 414. The summed E-state index contributed by atoms with van der Waals surface area (Å²) in [4.78, 5) is 16.2. The molecule has 1 aromatic rings. The minimum absolute atomic E-state index is 0.0930. The van der Waals surface area contributed by atoms with Gasteiger partial charge in [-0.25, -0.2) is 0 Å². The van der Waals surface area contributed by atoms with E-state index in [1.54, 1.807) is 0 Å². The molecule has 0 bridgehead atoms. The van der Waals surface area contributed by atoms with Gasteiger partial charge in [0, 0.05) is 44.5 Å². The summed E-state index contributed by atoms with van der Waals surface area (Å²) in [5.41, 5.74) is 7.75. The number of nitrogens with two attached hydrogens (primary N) is 1. The molecule has 1 amide bonds. The van der Waals surface area contributed by atoms with Crippen molar-refractivity contribution in [3.63, 3.8) is 0 Å². The highest BCUT2D eigenvalue weighted by atomic mass is 16.2. The number of anilines is 1. The van der Waals surface area contributed by atoms with Crippen molar-refractivity contribution in [1.29, 1.82) is 0 Å². The number of carbonyl (C=O) groups is 1. The second kappa shape index (κ2) is 5.40. The smallest absolute Gasteiger partial charge is 0.253 e. The number of carbonyl (C=O) groups excluding carboxylic acids is 1. The second-order valence-electron chi connectivity index (χ2n) is 5.09. The Morgan fingerprint density at radius 1 is 1.33 bits per heavy atom. The third kappa shape index (κ3) is 2.82. The molecule has 0 spiro atoms. The molecule has 1 aliphatic rings. The molecular formula is C14H21N3O. The van der Waals surface area contributed by atoms with E-state index in [0.717, 1.165) is 30.6 Å². The number of nitrogens with zero attached hydrogens (tertiary/aromatic N) is 2. The molecule has 4 heteroatoms. The molecule has 1 aromatic carbocycles. The van der Waals surface area contributed by atoms with Crippen LogP contribution in [0.15, 0.2) is 24.3 Å². The molecule has 2 N–H and O–H groups in total. The van der Waals surface area contributed by atoms with Crippen LogP contribution in [-0.2, 0) is 0 Å². The molecule has 0 aliphatic carbocycles. The van der Waals surface area contributed by atoms with Crippen LogP contribution >= 0.6 is 0 Å². The number of piperidine rings is 1. The molecule has 1 saturated heterocycles. The normalized spacial score (nSPS) is 19.7. The third-order valence-electron chi connectivity index (χ3n) is 3.38. The molecule has 0 saturated carbocycles. The topological polar surface area (TPSA) is 49.6 Å². The van der Waals surface area contributed by atoms with Crippen molar-refractivity contribution in [3.05, 3.63) is 29.8 Å². The lowest BCUT2D eigenvalue weighted by molar-refractivity contribution is 0.0709. The van der Waals surface area contributed by atoms with Crippen molar-refractivity contribution in [3.8, 4) is 0 Å². The van der Waals surface area contributed by atoms with Crippen molar-refractivity contribution in [2.24, 2.45) is 5.73 Å². The van der Waals surface area contributed by atoms with Gasteiger partial charge in [0.05, 0.1) is 0 Å². The summed E-state index contributed by atoms with van der Waals surface area (Å²) in [6.07, 6.45) is 2.02. The molecular weight excluding hydrogens is 226 g/mol. The van der Waals surface area contributed by atoms with Gasteiger partial charge in [-0.2, -0.15) is 0 Å². The van der Waals surface area contributed by atoms with E-state index in [2.05, 4.69) is 0 Å². The van der Waals surface area contributed by atoms with Crippen molar-refractivity contribution in [2.45, 2.75) is 18.9 Å². The fourth-order valence-corrected chi connectivity index (χ4v) is 2.28. The average Bonchev–Trinajstić information content (AvgIpc) is 2.38. The number of rotatable bonds is 2. The SMILES string of the molecule is CN(C)c1ccc(C(=O)N2CCC[C@@H](N)C2)cc1. The van der Waals surface area contributed by atoms with Crippen LogP contribution in [0.5, 0.6) is 0 Å². The summed E-state index contributed by atoms with van der Waals surface area (Å²) in [5, 5.41) is 0. The van der Waals surface area contributed by atoms with E-state index >= 15 is 0 Å². The highest BCUT2D eigenvalue weighted by molar-refractivity contribution is 5.94. The Morgan fingerprint density at radius 2 is 2.00 bits per heavy atom. The quantitative estimate of drug-likeness (QED) is 0.857. The van der Waals surface area contributed by atoms with E-state index < -0.39 is 0 Å². The summed E-state index contributed by atoms with van der Waals surface area (Å²) in [6.45, 7) is 1.50. The zero-order chi connectivity index (χ0) is 13.1. The number of likely N-dealkylation sites (tertiary alicyclic amines) is 1. The van der Waals surface area contributed by atoms with Gasteiger partial charge in [-0.1, -0.05) is 0 Å². The van der Waals surface area contributed by atoms with Gasteiger partial charge in [0.25, 0.3) is 5.91 Å². The van der Waals surface area contributed by atoms with Gasteiger partial charge in [-0.15, -0.1) is 0 Å². The maximum atomic E-state index is 12.3. The van der Waals surface area contributed by atoms with Crippen LogP contribution in [0.3, 0.4) is 0 Å². The largest absolute Gasteiger partial charge is 0.378 e. The number of benzene rings is 1. The van der Waals surface area contributed by atoms with Crippen molar-refractivity contribution >= 4 is 11.6 Å². The first-order chi connectivity index (χ1) is 8.58. The summed E-state index contributed by atoms with van der Waals surface area (Å²) in [7, 11) is 3.97. The number of amides is 1.